The maximum absolute atomic E-state index is 12.3. The van der Waals surface area contributed by atoms with Gasteiger partial charge in [-0.25, -0.2) is 4.79 Å². The average Bonchev–Trinajstić information content (AvgIpc) is 2.59. The molecule has 1 N–H and O–H groups in total. The minimum atomic E-state index is -3.16. The maximum atomic E-state index is 12.3. The van der Waals surface area contributed by atoms with Gasteiger partial charge in [0.2, 0.25) is 0 Å². The Bertz CT molecular complexity index is 605. The van der Waals surface area contributed by atoms with Crippen LogP contribution in [0.15, 0.2) is 24.3 Å². The van der Waals surface area contributed by atoms with Crippen molar-refractivity contribution in [3.8, 4) is 0 Å². The van der Waals surface area contributed by atoms with E-state index in [4.69, 9.17) is 13.8 Å². The van der Waals surface area contributed by atoms with Gasteiger partial charge in [0.05, 0.1) is 13.3 Å². The molecule has 8 heteroatoms. The number of hydrogen-bond acceptors (Lipinski definition) is 6. The molecule has 24 heavy (non-hydrogen) atoms. The number of nitrogens with one attached hydrogen (secondary N) is 1. The molecular formula is C16H24NO6P. The van der Waals surface area contributed by atoms with Crippen molar-refractivity contribution < 1.29 is 27.9 Å². The summed E-state index contributed by atoms with van der Waals surface area (Å²) in [6.07, 6.45) is 0.110. The molecule has 1 rings (SSSR count). The van der Waals surface area contributed by atoms with Crippen molar-refractivity contribution >= 4 is 19.5 Å². The van der Waals surface area contributed by atoms with Crippen molar-refractivity contribution in [2.75, 3.05) is 21.3 Å². The summed E-state index contributed by atoms with van der Waals surface area (Å²) in [6, 6.07) is 5.80. The van der Waals surface area contributed by atoms with Crippen LogP contribution in [0.25, 0.3) is 0 Å². The van der Waals surface area contributed by atoms with Crippen LogP contribution in [-0.4, -0.2) is 39.2 Å². The van der Waals surface area contributed by atoms with Crippen LogP contribution >= 0.6 is 7.60 Å². The fraction of sp³-hybridized carbons (Fsp3) is 0.500. The maximum Gasteiger partial charge on any atom is 0.334 e. The van der Waals surface area contributed by atoms with E-state index < -0.39 is 19.6 Å². The standard InChI is InChI=1S/C16H24NO6P/c1-11(2)14(16(19)21-3)17-15(18)13-8-6-12(7-9-13)10-24(20,22-4)23-5/h6-9,11,14H,10H2,1-5H3,(H,17,18)/t14-/m1/s1. The monoisotopic (exact) mass is 357 g/mol. The van der Waals surface area contributed by atoms with Crippen molar-refractivity contribution in [2.24, 2.45) is 5.92 Å². The highest BCUT2D eigenvalue weighted by molar-refractivity contribution is 7.52. The van der Waals surface area contributed by atoms with E-state index in [1.165, 1.54) is 21.3 Å². The highest BCUT2D eigenvalue weighted by Crippen LogP contribution is 2.49. The third-order valence-corrected chi connectivity index (χ3v) is 5.42. The van der Waals surface area contributed by atoms with Crippen LogP contribution in [0.4, 0.5) is 0 Å². The van der Waals surface area contributed by atoms with Gasteiger partial charge in [0.25, 0.3) is 5.91 Å². The highest BCUT2D eigenvalue weighted by atomic mass is 31.2. The van der Waals surface area contributed by atoms with Gasteiger partial charge < -0.3 is 19.1 Å². The number of carbonyl (C=O) groups is 2. The zero-order valence-electron chi connectivity index (χ0n) is 14.6. The number of esters is 1. The number of carbonyl (C=O) groups excluding carboxylic acids is 2. The molecule has 1 aromatic rings. The van der Waals surface area contributed by atoms with E-state index in [-0.39, 0.29) is 18.0 Å². The summed E-state index contributed by atoms with van der Waals surface area (Å²) in [5, 5.41) is 2.66. The summed E-state index contributed by atoms with van der Waals surface area (Å²) in [4.78, 5) is 24.0. The molecule has 1 amide bonds. The molecule has 0 spiro atoms. The van der Waals surface area contributed by atoms with E-state index in [0.29, 0.717) is 11.1 Å². The molecule has 0 aliphatic heterocycles. The topological polar surface area (TPSA) is 90.9 Å². The molecule has 0 saturated carbocycles. The largest absolute Gasteiger partial charge is 0.467 e. The lowest BCUT2D eigenvalue weighted by atomic mass is 10.0. The fourth-order valence-electron chi connectivity index (χ4n) is 2.04. The van der Waals surface area contributed by atoms with E-state index in [1.54, 1.807) is 24.3 Å². The Morgan fingerprint density at radius 2 is 1.62 bits per heavy atom. The van der Waals surface area contributed by atoms with E-state index in [2.05, 4.69) is 5.32 Å². The molecule has 0 aliphatic carbocycles. The van der Waals surface area contributed by atoms with Gasteiger partial charge in [-0.1, -0.05) is 26.0 Å². The minimum absolute atomic E-state index is 0.102. The van der Waals surface area contributed by atoms with Crippen LogP contribution in [0.1, 0.15) is 29.8 Å². The van der Waals surface area contributed by atoms with Crippen LogP contribution in [0.5, 0.6) is 0 Å². The third kappa shape index (κ3) is 5.44. The SMILES string of the molecule is COC(=O)[C@H](NC(=O)c1ccc(CP(=O)(OC)OC)cc1)C(C)C. The highest BCUT2D eigenvalue weighted by Gasteiger charge is 2.26. The van der Waals surface area contributed by atoms with Crippen molar-refractivity contribution in [1.82, 2.24) is 5.32 Å². The summed E-state index contributed by atoms with van der Waals surface area (Å²) >= 11 is 0. The Hall–Kier alpha value is -1.69. The second-order valence-corrected chi connectivity index (χ2v) is 7.82. The van der Waals surface area contributed by atoms with Crippen LogP contribution in [0.2, 0.25) is 0 Å². The average molecular weight is 357 g/mol. The Balaban J connectivity index is 2.83. The summed E-state index contributed by atoms with van der Waals surface area (Å²) in [6.45, 7) is 3.63. The van der Waals surface area contributed by atoms with E-state index in [1.807, 2.05) is 13.8 Å². The lowest BCUT2D eigenvalue weighted by Gasteiger charge is -2.20. The van der Waals surface area contributed by atoms with Gasteiger partial charge in [-0.15, -0.1) is 0 Å². The first-order valence-corrected chi connectivity index (χ1v) is 9.17. The first-order valence-electron chi connectivity index (χ1n) is 7.44. The number of methoxy groups -OCH3 is 1. The normalized spacial score (nSPS) is 12.8. The van der Waals surface area contributed by atoms with Gasteiger partial charge in [0.1, 0.15) is 6.04 Å². The van der Waals surface area contributed by atoms with E-state index >= 15 is 0 Å². The van der Waals surface area contributed by atoms with Gasteiger partial charge >= 0.3 is 13.6 Å². The van der Waals surface area contributed by atoms with Gasteiger partial charge in [-0.2, -0.15) is 0 Å². The van der Waals surface area contributed by atoms with Crippen LogP contribution in [0, 0.1) is 5.92 Å². The number of rotatable bonds is 8. The van der Waals surface area contributed by atoms with Crippen LogP contribution < -0.4 is 5.32 Å². The summed E-state index contributed by atoms with van der Waals surface area (Å²) < 4.78 is 26.6. The van der Waals surface area contributed by atoms with Crippen molar-refractivity contribution in [3.63, 3.8) is 0 Å². The predicted octanol–water partition coefficient (Wildman–Crippen LogP) is 2.60. The van der Waals surface area contributed by atoms with E-state index in [9.17, 15) is 14.2 Å². The second kappa shape index (κ2) is 8.97. The quantitative estimate of drug-likeness (QED) is 0.568. The molecule has 0 aliphatic rings. The molecule has 7 nitrogen and oxygen atoms in total. The lowest BCUT2D eigenvalue weighted by Crippen LogP contribution is -2.45. The zero-order chi connectivity index (χ0) is 18.3. The Kier molecular flexibility index (Phi) is 7.60. The Morgan fingerprint density at radius 1 is 1.08 bits per heavy atom. The Labute approximate surface area is 142 Å². The molecule has 0 saturated heterocycles. The minimum Gasteiger partial charge on any atom is -0.467 e. The number of ether oxygens (including phenoxy) is 1. The smallest absolute Gasteiger partial charge is 0.334 e. The number of amides is 1. The second-order valence-electron chi connectivity index (χ2n) is 5.55. The summed E-state index contributed by atoms with van der Waals surface area (Å²) in [5.74, 6) is -0.974. The summed E-state index contributed by atoms with van der Waals surface area (Å²) in [7, 11) is 0.773. The van der Waals surface area contributed by atoms with Crippen molar-refractivity contribution in [2.45, 2.75) is 26.1 Å². The van der Waals surface area contributed by atoms with Crippen LogP contribution in [0.3, 0.4) is 0 Å². The van der Waals surface area contributed by atoms with Gasteiger partial charge in [-0.05, 0) is 23.6 Å². The zero-order valence-corrected chi connectivity index (χ0v) is 15.5. The van der Waals surface area contributed by atoms with Crippen molar-refractivity contribution in [1.29, 1.82) is 0 Å². The molecule has 0 aromatic heterocycles. The van der Waals surface area contributed by atoms with Gasteiger partial charge in [0.15, 0.2) is 0 Å². The molecule has 0 fully saturated rings. The molecular weight excluding hydrogens is 333 g/mol. The number of benzene rings is 1. The lowest BCUT2D eigenvalue weighted by molar-refractivity contribution is -0.144. The third-order valence-electron chi connectivity index (χ3n) is 3.56. The van der Waals surface area contributed by atoms with Crippen molar-refractivity contribution in [3.05, 3.63) is 35.4 Å². The van der Waals surface area contributed by atoms with E-state index in [0.717, 1.165) is 0 Å². The molecule has 134 valence electrons. The molecule has 0 unspecified atom stereocenters. The van der Waals surface area contributed by atoms with Crippen LogP contribution in [-0.2, 0) is 29.3 Å². The Morgan fingerprint density at radius 3 is 2.04 bits per heavy atom. The summed E-state index contributed by atoms with van der Waals surface area (Å²) in [5.41, 5.74) is 1.10. The van der Waals surface area contributed by atoms with Gasteiger partial charge in [0, 0.05) is 19.8 Å². The molecule has 0 bridgehead atoms. The molecule has 0 radical (unpaired) electrons. The predicted molar refractivity (Wildman–Crippen MR) is 89.9 cm³/mol. The molecule has 1 atom stereocenters. The van der Waals surface area contributed by atoms with Gasteiger partial charge in [-0.3, -0.25) is 9.36 Å². The fourth-order valence-corrected chi connectivity index (χ4v) is 3.10. The molecule has 0 heterocycles. The first kappa shape index (κ1) is 20.4. The first-order chi connectivity index (χ1) is 11.3. The molecule has 1 aromatic carbocycles. The number of hydrogen-bond donors (Lipinski definition) is 1.